The molecule has 10 N–H and O–H groups in total. The number of amides is 8. The van der Waals surface area contributed by atoms with E-state index in [4.69, 9.17) is 30.4 Å². The smallest absolute Gasteiger partial charge is 0.417 e. The Bertz CT molecular complexity index is 2810. The number of nitrogens with zero attached hydrogens (tertiary/aromatic N) is 2. The molecule has 10 atom stereocenters. The number of nitrogens with two attached hydrogens (primary N) is 2. The minimum atomic E-state index is -1.98. The van der Waals surface area contributed by atoms with Gasteiger partial charge in [-0.3, -0.25) is 28.8 Å². The Kier molecular flexibility index (Phi) is 28.7. The summed E-state index contributed by atoms with van der Waals surface area (Å²) in [4.78, 5) is 120. The Labute approximate surface area is 543 Å². The first-order valence-electron chi connectivity index (χ1n) is 31.4. The molecule has 8 amide bonds. The quantitative estimate of drug-likeness (QED) is 0.0288. The fourth-order valence-electron chi connectivity index (χ4n) is 9.83. The molecule has 0 fully saturated rings. The molecular weight excluding hydrogens is 1180 g/mol. The van der Waals surface area contributed by atoms with Gasteiger partial charge in [0, 0.05) is 12.8 Å². The van der Waals surface area contributed by atoms with Crippen LogP contribution in [0.15, 0.2) is 121 Å². The summed E-state index contributed by atoms with van der Waals surface area (Å²) in [5, 5.41) is 36.8. The highest BCUT2D eigenvalue weighted by atomic mass is 16.6. The van der Waals surface area contributed by atoms with E-state index in [1.807, 2.05) is 0 Å². The third kappa shape index (κ3) is 25.5. The molecule has 0 saturated carbocycles. The van der Waals surface area contributed by atoms with Crippen molar-refractivity contribution in [3.05, 3.63) is 144 Å². The molecule has 0 spiro atoms. The summed E-state index contributed by atoms with van der Waals surface area (Å²) in [6, 6.07) is 22.8. The molecule has 92 heavy (non-hydrogen) atoms. The molecule has 0 heterocycles. The SMILES string of the molecule is CC(C)[C@@H](C(=O)N[C@@H](Cc1ccccc1)[C@@H](O)[C@H](O)[C@H](Cc1ccccc1)NC(=O)[C@H](C(C)C)N(C(=O)OC(C)(C)C)C(=O)[C@H](Cc1ccccc1)NC(=O)[C@@H](N)COC(C)(C)C)N(C(=O)OC(C)(C)C)C(=O)[C@H](Cc1ccccc1)NC(=O)[C@@H](N)COC(C)(C)C. The van der Waals surface area contributed by atoms with E-state index in [1.165, 1.54) is 0 Å². The van der Waals surface area contributed by atoms with Crippen LogP contribution in [-0.2, 0) is 73.4 Å². The van der Waals surface area contributed by atoms with Gasteiger partial charge in [-0.15, -0.1) is 0 Å². The second kappa shape index (κ2) is 34.3. The first kappa shape index (κ1) is 76.9. The zero-order chi connectivity index (χ0) is 69.1. The molecule has 0 bridgehead atoms. The van der Waals surface area contributed by atoms with Gasteiger partial charge in [0.15, 0.2) is 0 Å². The second-order valence-corrected chi connectivity index (χ2v) is 27.9. The van der Waals surface area contributed by atoms with Gasteiger partial charge in [0.1, 0.15) is 59.7 Å². The molecule has 0 unspecified atom stereocenters. The summed E-state index contributed by atoms with van der Waals surface area (Å²) in [7, 11) is 0. The molecule has 4 aromatic carbocycles. The minimum absolute atomic E-state index is 0.158. The molecule has 4 aromatic rings. The van der Waals surface area contributed by atoms with Gasteiger partial charge >= 0.3 is 12.2 Å². The van der Waals surface area contributed by atoms with Crippen molar-refractivity contribution in [2.24, 2.45) is 23.3 Å². The summed E-state index contributed by atoms with van der Waals surface area (Å²) in [5.41, 5.74) is 11.2. The molecule has 0 aliphatic rings. The van der Waals surface area contributed by atoms with Crippen LogP contribution in [-0.4, -0.2) is 164 Å². The number of hydrogen-bond acceptors (Lipinski definition) is 16. The van der Waals surface area contributed by atoms with Crippen molar-refractivity contribution in [3.63, 3.8) is 0 Å². The minimum Gasteiger partial charge on any atom is -0.443 e. The summed E-state index contributed by atoms with van der Waals surface area (Å²) in [5.74, 6) is -7.31. The molecule has 506 valence electrons. The molecule has 0 aliphatic heterocycles. The maximum absolute atomic E-state index is 15.5. The van der Waals surface area contributed by atoms with Crippen molar-refractivity contribution >= 4 is 47.6 Å². The largest absolute Gasteiger partial charge is 0.443 e. The van der Waals surface area contributed by atoms with E-state index in [-0.39, 0.29) is 38.9 Å². The normalized spacial score (nSPS) is 15.4. The summed E-state index contributed by atoms with van der Waals surface area (Å²) >= 11 is 0. The van der Waals surface area contributed by atoms with Crippen molar-refractivity contribution < 1.29 is 67.5 Å². The van der Waals surface area contributed by atoms with Crippen molar-refractivity contribution in [3.8, 4) is 0 Å². The van der Waals surface area contributed by atoms with Gasteiger partial charge in [-0.2, -0.15) is 0 Å². The third-order valence-electron chi connectivity index (χ3n) is 14.3. The van der Waals surface area contributed by atoms with Crippen LogP contribution in [0.5, 0.6) is 0 Å². The van der Waals surface area contributed by atoms with Crippen LogP contribution in [0.1, 0.15) is 133 Å². The molecule has 0 aromatic heterocycles. The lowest BCUT2D eigenvalue weighted by Gasteiger charge is -2.39. The standard InChI is InChI=1S/C70H102N8O14/c1-43(2)55(77(65(87)91-69(11,12)13)63(85)53(39-47-33-25-19-26-34-47)75-59(81)49(71)41-89-67(5,6)7)61(83)73-51(37-45-29-21-17-22-30-45)57(79)58(80)52(38-46-31-23-18-24-32-46)74-62(84)56(44(3)4)78(66(88)92-70(14,15)16)64(86)54(40-48-35-27-20-28-36-48)76-60(82)50(72)42-90-68(8,9)10/h17-36,43-44,49-58,79-80H,37-42,71-72H2,1-16H3,(H,73,83)(H,74,84)(H,75,81)(H,76,82)/t49-,50-,51-,52-,53-,54-,55-,56-,57+,58+/m0/s1. The highest BCUT2D eigenvalue weighted by molar-refractivity contribution is 6.03. The van der Waals surface area contributed by atoms with Crippen LogP contribution in [0.4, 0.5) is 9.59 Å². The van der Waals surface area contributed by atoms with Gasteiger partial charge in [-0.1, -0.05) is 149 Å². The average Bonchev–Trinajstić information content (AvgIpc) is 0.812. The van der Waals surface area contributed by atoms with Crippen molar-refractivity contribution in [2.75, 3.05) is 13.2 Å². The number of rotatable bonds is 29. The van der Waals surface area contributed by atoms with Crippen molar-refractivity contribution in [1.29, 1.82) is 0 Å². The van der Waals surface area contributed by atoms with Gasteiger partial charge in [-0.05, 0) is 130 Å². The number of nitrogens with one attached hydrogen (secondary N) is 4. The predicted molar refractivity (Wildman–Crippen MR) is 351 cm³/mol. The monoisotopic (exact) mass is 1280 g/mol. The molecule has 22 heteroatoms. The maximum Gasteiger partial charge on any atom is 0.417 e. The van der Waals surface area contributed by atoms with Crippen molar-refractivity contribution in [1.82, 2.24) is 31.1 Å². The van der Waals surface area contributed by atoms with Crippen LogP contribution >= 0.6 is 0 Å². The second-order valence-electron chi connectivity index (χ2n) is 27.9. The molecule has 0 saturated heterocycles. The lowest BCUT2D eigenvalue weighted by Crippen LogP contribution is -2.65. The number of ether oxygens (including phenoxy) is 4. The van der Waals surface area contributed by atoms with Crippen LogP contribution in [0.3, 0.4) is 0 Å². The Hall–Kier alpha value is -7.60. The number of aliphatic hydroxyl groups excluding tert-OH is 2. The molecular formula is C70H102N8O14. The number of hydrogen-bond donors (Lipinski definition) is 8. The number of carbonyl (C=O) groups excluding carboxylic acids is 8. The number of benzene rings is 4. The van der Waals surface area contributed by atoms with E-state index in [1.54, 1.807) is 232 Å². The zero-order valence-corrected chi connectivity index (χ0v) is 56.6. The maximum atomic E-state index is 15.5. The Balaban J connectivity index is 1.87. The van der Waals surface area contributed by atoms with E-state index < -0.39 is 142 Å². The number of carbonyl (C=O) groups is 8. The van der Waals surface area contributed by atoms with Gasteiger partial charge < -0.3 is 61.9 Å². The van der Waals surface area contributed by atoms with Gasteiger partial charge in [0.25, 0.3) is 11.8 Å². The Morgan fingerprint density at radius 3 is 0.902 bits per heavy atom. The van der Waals surface area contributed by atoms with E-state index >= 15 is 19.2 Å². The van der Waals surface area contributed by atoms with E-state index in [0.29, 0.717) is 32.1 Å². The topological polar surface area (TPSA) is 321 Å². The third-order valence-corrected chi connectivity index (χ3v) is 14.3. The van der Waals surface area contributed by atoms with Crippen LogP contribution in [0, 0.1) is 11.8 Å². The fourth-order valence-corrected chi connectivity index (χ4v) is 9.83. The van der Waals surface area contributed by atoms with E-state index in [2.05, 4.69) is 21.3 Å². The summed E-state index contributed by atoms with van der Waals surface area (Å²) in [6.07, 6.45) is -7.06. The highest BCUT2D eigenvalue weighted by Crippen LogP contribution is 2.25. The average molecular weight is 1280 g/mol. The molecule has 4 rings (SSSR count). The van der Waals surface area contributed by atoms with Gasteiger partial charge in [0.2, 0.25) is 23.6 Å². The summed E-state index contributed by atoms with van der Waals surface area (Å²) < 4.78 is 23.3. The molecule has 22 nitrogen and oxygen atoms in total. The van der Waals surface area contributed by atoms with Gasteiger partial charge in [0.05, 0.1) is 36.5 Å². The van der Waals surface area contributed by atoms with E-state index in [9.17, 15) is 29.4 Å². The fraction of sp³-hybridized carbons (Fsp3) is 0.543. The predicted octanol–water partition coefficient (Wildman–Crippen LogP) is 6.48. The lowest BCUT2D eigenvalue weighted by atomic mass is 9.90. The van der Waals surface area contributed by atoms with Crippen LogP contribution in [0.25, 0.3) is 0 Å². The van der Waals surface area contributed by atoms with Crippen molar-refractivity contribution in [2.45, 2.75) is 219 Å². The highest BCUT2D eigenvalue weighted by Gasteiger charge is 2.47. The van der Waals surface area contributed by atoms with E-state index in [0.717, 1.165) is 0 Å². The molecule has 0 aliphatic carbocycles. The zero-order valence-electron chi connectivity index (χ0n) is 56.6. The summed E-state index contributed by atoms with van der Waals surface area (Å²) in [6.45, 7) is 26.1. The van der Waals surface area contributed by atoms with Gasteiger partial charge in [-0.25, -0.2) is 19.4 Å². The Morgan fingerprint density at radius 2 is 0.663 bits per heavy atom. The number of aliphatic hydroxyl groups is 2. The first-order chi connectivity index (χ1) is 42.7. The molecule has 0 radical (unpaired) electrons. The first-order valence-corrected chi connectivity index (χ1v) is 31.4. The number of imide groups is 2. The van der Waals surface area contributed by atoms with Crippen LogP contribution in [0.2, 0.25) is 0 Å². The van der Waals surface area contributed by atoms with Crippen LogP contribution < -0.4 is 32.7 Å². The lowest BCUT2D eigenvalue weighted by molar-refractivity contribution is -0.145. The Morgan fingerprint density at radius 1 is 0.402 bits per heavy atom.